The average Bonchev–Trinajstić information content (AvgIpc) is 2.79. The van der Waals surface area contributed by atoms with Gasteiger partial charge in [-0.05, 0) is 18.9 Å². The van der Waals surface area contributed by atoms with Gasteiger partial charge in [0, 0.05) is 13.2 Å². The molecule has 1 atom stereocenters. The van der Waals surface area contributed by atoms with Crippen LogP contribution in [0.3, 0.4) is 0 Å². The van der Waals surface area contributed by atoms with Crippen molar-refractivity contribution in [3.05, 3.63) is 17.8 Å². The SMILES string of the molecule is O=C(O)c1cnnc(NCC2CCCO2)c1. The minimum absolute atomic E-state index is 0.129. The third kappa shape index (κ3) is 2.66. The van der Waals surface area contributed by atoms with Crippen LogP contribution >= 0.6 is 0 Å². The summed E-state index contributed by atoms with van der Waals surface area (Å²) in [5, 5.41) is 19.2. The van der Waals surface area contributed by atoms with Gasteiger partial charge >= 0.3 is 5.97 Å². The van der Waals surface area contributed by atoms with E-state index in [1.807, 2.05) is 0 Å². The van der Waals surface area contributed by atoms with Crippen LogP contribution in [0, 0.1) is 0 Å². The lowest BCUT2D eigenvalue weighted by Crippen LogP contribution is -2.19. The molecule has 6 heteroatoms. The molecule has 2 heterocycles. The third-order valence-electron chi connectivity index (χ3n) is 2.44. The fourth-order valence-electron chi connectivity index (χ4n) is 1.59. The standard InChI is InChI=1S/C10H13N3O3/c14-10(15)7-4-9(13-12-5-7)11-6-8-2-1-3-16-8/h4-5,8H,1-3,6H2,(H,11,13)(H,14,15). The molecule has 2 N–H and O–H groups in total. The molecule has 1 aliphatic heterocycles. The van der Waals surface area contributed by atoms with Crippen LogP contribution in [0.2, 0.25) is 0 Å². The Kier molecular flexibility index (Phi) is 3.31. The number of nitrogens with one attached hydrogen (secondary N) is 1. The van der Waals surface area contributed by atoms with Crippen molar-refractivity contribution in [3.63, 3.8) is 0 Å². The van der Waals surface area contributed by atoms with Gasteiger partial charge in [-0.1, -0.05) is 0 Å². The van der Waals surface area contributed by atoms with E-state index in [9.17, 15) is 4.79 Å². The predicted octanol–water partition coefficient (Wildman–Crippen LogP) is 0.766. The highest BCUT2D eigenvalue weighted by Gasteiger charge is 2.15. The first-order valence-electron chi connectivity index (χ1n) is 5.17. The van der Waals surface area contributed by atoms with E-state index in [2.05, 4.69) is 15.5 Å². The molecule has 1 aromatic heterocycles. The van der Waals surface area contributed by atoms with Gasteiger partial charge in [-0.3, -0.25) is 0 Å². The van der Waals surface area contributed by atoms with Crippen LogP contribution in [0.1, 0.15) is 23.2 Å². The highest BCUT2D eigenvalue weighted by molar-refractivity contribution is 5.87. The van der Waals surface area contributed by atoms with Crippen LogP contribution in [0.5, 0.6) is 0 Å². The normalized spacial score (nSPS) is 19.6. The van der Waals surface area contributed by atoms with Crippen molar-refractivity contribution in [2.45, 2.75) is 18.9 Å². The zero-order chi connectivity index (χ0) is 11.4. The van der Waals surface area contributed by atoms with Crippen LogP contribution < -0.4 is 5.32 Å². The van der Waals surface area contributed by atoms with Crippen molar-refractivity contribution in [2.75, 3.05) is 18.5 Å². The summed E-state index contributed by atoms with van der Waals surface area (Å²) >= 11 is 0. The summed E-state index contributed by atoms with van der Waals surface area (Å²) in [6.45, 7) is 1.44. The minimum atomic E-state index is -1.00. The van der Waals surface area contributed by atoms with Gasteiger partial charge in [0.2, 0.25) is 0 Å². The molecule has 0 amide bonds. The minimum Gasteiger partial charge on any atom is -0.478 e. The smallest absolute Gasteiger partial charge is 0.337 e. The largest absolute Gasteiger partial charge is 0.478 e. The monoisotopic (exact) mass is 223 g/mol. The summed E-state index contributed by atoms with van der Waals surface area (Å²) < 4.78 is 5.43. The second kappa shape index (κ2) is 4.89. The van der Waals surface area contributed by atoms with Gasteiger partial charge in [-0.25, -0.2) is 4.79 Å². The lowest BCUT2D eigenvalue weighted by Gasteiger charge is -2.10. The van der Waals surface area contributed by atoms with Crippen molar-refractivity contribution < 1.29 is 14.6 Å². The number of hydrogen-bond acceptors (Lipinski definition) is 5. The fourth-order valence-corrected chi connectivity index (χ4v) is 1.59. The number of aromatic nitrogens is 2. The number of carboxylic acid groups (broad SMARTS) is 1. The first-order valence-corrected chi connectivity index (χ1v) is 5.17. The molecule has 2 rings (SSSR count). The van der Waals surface area contributed by atoms with Gasteiger partial charge in [-0.15, -0.1) is 5.10 Å². The van der Waals surface area contributed by atoms with E-state index in [4.69, 9.17) is 9.84 Å². The molecule has 0 aromatic carbocycles. The highest BCUT2D eigenvalue weighted by Crippen LogP contribution is 2.13. The molecule has 86 valence electrons. The van der Waals surface area contributed by atoms with Crippen molar-refractivity contribution in [1.29, 1.82) is 0 Å². The molecule has 0 aliphatic carbocycles. The molecule has 1 unspecified atom stereocenters. The summed E-state index contributed by atoms with van der Waals surface area (Å²) in [7, 11) is 0. The number of aromatic carboxylic acids is 1. The van der Waals surface area contributed by atoms with Crippen LogP contribution in [0.25, 0.3) is 0 Å². The Morgan fingerprint density at radius 3 is 3.25 bits per heavy atom. The predicted molar refractivity (Wildman–Crippen MR) is 56.5 cm³/mol. The maximum atomic E-state index is 10.7. The van der Waals surface area contributed by atoms with Gasteiger partial charge in [0.05, 0.1) is 17.9 Å². The maximum Gasteiger partial charge on any atom is 0.337 e. The van der Waals surface area contributed by atoms with E-state index in [1.54, 1.807) is 0 Å². The van der Waals surface area contributed by atoms with Gasteiger partial charge in [-0.2, -0.15) is 5.10 Å². The molecular formula is C10H13N3O3. The van der Waals surface area contributed by atoms with Crippen LogP contribution in [0.4, 0.5) is 5.82 Å². The van der Waals surface area contributed by atoms with Gasteiger partial charge in [0.1, 0.15) is 5.82 Å². The average molecular weight is 223 g/mol. The summed E-state index contributed by atoms with van der Waals surface area (Å²) in [5.41, 5.74) is 0.129. The highest BCUT2D eigenvalue weighted by atomic mass is 16.5. The van der Waals surface area contributed by atoms with Gasteiger partial charge < -0.3 is 15.2 Å². The second-order valence-electron chi connectivity index (χ2n) is 3.65. The summed E-state index contributed by atoms with van der Waals surface area (Å²) in [6, 6.07) is 1.46. The number of hydrogen-bond donors (Lipinski definition) is 2. The number of nitrogens with zero attached hydrogens (tertiary/aromatic N) is 2. The van der Waals surface area contributed by atoms with E-state index in [1.165, 1.54) is 12.3 Å². The van der Waals surface area contributed by atoms with Crippen LogP contribution in [-0.4, -0.2) is 40.5 Å². The first-order chi connectivity index (χ1) is 7.75. The molecule has 0 bridgehead atoms. The van der Waals surface area contributed by atoms with E-state index < -0.39 is 5.97 Å². The van der Waals surface area contributed by atoms with Crippen molar-refractivity contribution in [3.8, 4) is 0 Å². The summed E-state index contributed by atoms with van der Waals surface area (Å²) in [6.07, 6.45) is 3.52. The van der Waals surface area contributed by atoms with Crippen molar-refractivity contribution >= 4 is 11.8 Å². The Hall–Kier alpha value is -1.69. The first kappa shape index (κ1) is 10.8. The second-order valence-corrected chi connectivity index (χ2v) is 3.65. The fraction of sp³-hybridized carbons (Fsp3) is 0.500. The number of rotatable bonds is 4. The van der Waals surface area contributed by atoms with E-state index >= 15 is 0 Å². The molecule has 1 fully saturated rings. The van der Waals surface area contributed by atoms with E-state index in [0.717, 1.165) is 19.4 Å². The van der Waals surface area contributed by atoms with E-state index in [0.29, 0.717) is 12.4 Å². The van der Waals surface area contributed by atoms with Gasteiger partial charge in [0.15, 0.2) is 0 Å². The van der Waals surface area contributed by atoms with E-state index in [-0.39, 0.29) is 11.7 Å². The Bertz CT molecular complexity index is 377. The molecule has 0 spiro atoms. The number of anilines is 1. The van der Waals surface area contributed by atoms with Crippen LogP contribution in [-0.2, 0) is 4.74 Å². The Labute approximate surface area is 92.6 Å². The number of carboxylic acids is 1. The maximum absolute atomic E-state index is 10.7. The zero-order valence-corrected chi connectivity index (χ0v) is 8.72. The molecule has 16 heavy (non-hydrogen) atoms. The van der Waals surface area contributed by atoms with Crippen molar-refractivity contribution in [2.24, 2.45) is 0 Å². The number of carbonyl (C=O) groups is 1. The molecule has 1 saturated heterocycles. The summed E-state index contributed by atoms with van der Waals surface area (Å²) in [5.74, 6) is -0.537. The van der Waals surface area contributed by atoms with Crippen molar-refractivity contribution in [1.82, 2.24) is 10.2 Å². The topological polar surface area (TPSA) is 84.3 Å². The quantitative estimate of drug-likeness (QED) is 0.784. The third-order valence-corrected chi connectivity index (χ3v) is 2.44. The molecule has 0 saturated carbocycles. The summed E-state index contributed by atoms with van der Waals surface area (Å²) in [4.78, 5) is 10.7. The molecule has 6 nitrogen and oxygen atoms in total. The lowest BCUT2D eigenvalue weighted by atomic mass is 10.2. The zero-order valence-electron chi connectivity index (χ0n) is 8.72. The molecule has 0 radical (unpaired) electrons. The number of ether oxygens (including phenoxy) is 1. The molecule has 1 aliphatic rings. The Morgan fingerprint density at radius 1 is 1.69 bits per heavy atom. The van der Waals surface area contributed by atoms with Gasteiger partial charge in [0.25, 0.3) is 0 Å². The molecule has 1 aromatic rings. The Balaban J connectivity index is 1.93. The molecular weight excluding hydrogens is 210 g/mol. The van der Waals surface area contributed by atoms with Crippen LogP contribution in [0.15, 0.2) is 12.3 Å². The lowest BCUT2D eigenvalue weighted by molar-refractivity contribution is 0.0696. The Morgan fingerprint density at radius 2 is 2.56 bits per heavy atom.